The van der Waals surface area contributed by atoms with Gasteiger partial charge in [-0.1, -0.05) is 38.1 Å². The molecule has 0 amide bonds. The standard InChI is InChI=1S/C18H19NO5/c1-12(2)13-4-6-14(7-5-13)17(20)11-24-18-9-8-15(23-3)10-16(18)19(21)22/h4-10,12H,11H2,1-3H3. The van der Waals surface area contributed by atoms with Gasteiger partial charge in [0, 0.05) is 5.56 Å². The molecule has 2 aromatic rings. The van der Waals surface area contributed by atoms with Gasteiger partial charge in [-0.15, -0.1) is 0 Å². The molecule has 2 rings (SSSR count). The second-order valence-electron chi connectivity index (χ2n) is 5.58. The summed E-state index contributed by atoms with van der Waals surface area (Å²) in [7, 11) is 1.42. The second-order valence-corrected chi connectivity index (χ2v) is 5.58. The lowest BCUT2D eigenvalue weighted by atomic mass is 10.0. The first kappa shape index (κ1) is 17.5. The molecule has 0 radical (unpaired) electrons. The van der Waals surface area contributed by atoms with Crippen LogP contribution in [-0.4, -0.2) is 24.4 Å². The zero-order chi connectivity index (χ0) is 17.7. The molecule has 0 unspecified atom stereocenters. The second kappa shape index (κ2) is 7.59. The summed E-state index contributed by atoms with van der Waals surface area (Å²) in [5.41, 5.74) is 1.41. The Morgan fingerprint density at radius 1 is 1.17 bits per heavy atom. The predicted molar refractivity (Wildman–Crippen MR) is 90.0 cm³/mol. The van der Waals surface area contributed by atoms with Gasteiger partial charge in [0.05, 0.1) is 18.1 Å². The van der Waals surface area contributed by atoms with Gasteiger partial charge in [0.25, 0.3) is 0 Å². The summed E-state index contributed by atoms with van der Waals surface area (Å²) in [6, 6.07) is 11.5. The summed E-state index contributed by atoms with van der Waals surface area (Å²) < 4.78 is 10.3. The summed E-state index contributed by atoms with van der Waals surface area (Å²) >= 11 is 0. The molecule has 0 aromatic heterocycles. The number of hydrogen-bond donors (Lipinski definition) is 0. The third-order valence-corrected chi connectivity index (χ3v) is 3.62. The Balaban J connectivity index is 2.10. The maximum atomic E-state index is 12.2. The van der Waals surface area contributed by atoms with Crippen LogP contribution in [0.5, 0.6) is 11.5 Å². The van der Waals surface area contributed by atoms with Crippen LogP contribution < -0.4 is 9.47 Å². The average molecular weight is 329 g/mol. The molecule has 0 fully saturated rings. The summed E-state index contributed by atoms with van der Waals surface area (Å²) in [5, 5.41) is 11.1. The van der Waals surface area contributed by atoms with E-state index in [1.54, 1.807) is 18.2 Å². The van der Waals surface area contributed by atoms with Crippen molar-refractivity contribution in [1.82, 2.24) is 0 Å². The molecule has 0 N–H and O–H groups in total. The highest BCUT2D eigenvalue weighted by atomic mass is 16.6. The largest absolute Gasteiger partial charge is 0.496 e. The lowest BCUT2D eigenvalue weighted by Gasteiger charge is -2.09. The Morgan fingerprint density at radius 3 is 2.38 bits per heavy atom. The van der Waals surface area contributed by atoms with Crippen molar-refractivity contribution in [1.29, 1.82) is 0 Å². The maximum absolute atomic E-state index is 12.2. The van der Waals surface area contributed by atoms with Crippen molar-refractivity contribution in [2.45, 2.75) is 19.8 Å². The van der Waals surface area contributed by atoms with Crippen LogP contribution in [0.4, 0.5) is 5.69 Å². The molecule has 0 saturated carbocycles. The fourth-order valence-electron chi connectivity index (χ4n) is 2.17. The maximum Gasteiger partial charge on any atom is 0.314 e. The van der Waals surface area contributed by atoms with Gasteiger partial charge >= 0.3 is 5.69 Å². The SMILES string of the molecule is COc1ccc(OCC(=O)c2ccc(C(C)C)cc2)c([N+](=O)[O-])c1. The molecule has 0 heterocycles. The number of hydrogen-bond acceptors (Lipinski definition) is 5. The topological polar surface area (TPSA) is 78.7 Å². The summed E-state index contributed by atoms with van der Waals surface area (Å²) in [4.78, 5) is 22.7. The van der Waals surface area contributed by atoms with E-state index >= 15 is 0 Å². The van der Waals surface area contributed by atoms with Crippen molar-refractivity contribution < 1.29 is 19.2 Å². The van der Waals surface area contributed by atoms with Crippen LogP contribution in [0.25, 0.3) is 0 Å². The highest BCUT2D eigenvalue weighted by Gasteiger charge is 2.18. The van der Waals surface area contributed by atoms with Gasteiger partial charge in [-0.25, -0.2) is 0 Å². The minimum Gasteiger partial charge on any atom is -0.496 e. The summed E-state index contributed by atoms with van der Waals surface area (Å²) in [6.45, 7) is 3.87. The Morgan fingerprint density at radius 2 is 1.83 bits per heavy atom. The number of carbonyl (C=O) groups is 1. The van der Waals surface area contributed by atoms with Gasteiger partial charge in [-0.2, -0.15) is 0 Å². The van der Waals surface area contributed by atoms with E-state index in [1.807, 2.05) is 12.1 Å². The highest BCUT2D eigenvalue weighted by molar-refractivity contribution is 5.97. The van der Waals surface area contributed by atoms with Gasteiger partial charge < -0.3 is 9.47 Å². The highest BCUT2D eigenvalue weighted by Crippen LogP contribution is 2.31. The minimum absolute atomic E-state index is 0.0351. The number of rotatable bonds is 7. The zero-order valence-corrected chi connectivity index (χ0v) is 13.8. The Bertz CT molecular complexity index is 738. The van der Waals surface area contributed by atoms with E-state index in [1.165, 1.54) is 19.2 Å². The lowest BCUT2D eigenvalue weighted by Crippen LogP contribution is -2.12. The van der Waals surface area contributed by atoms with Crippen LogP contribution in [-0.2, 0) is 0 Å². The van der Waals surface area contributed by atoms with E-state index in [0.717, 1.165) is 5.56 Å². The lowest BCUT2D eigenvalue weighted by molar-refractivity contribution is -0.385. The fourth-order valence-corrected chi connectivity index (χ4v) is 2.17. The predicted octanol–water partition coefficient (Wildman–Crippen LogP) is 3.99. The normalized spacial score (nSPS) is 10.5. The van der Waals surface area contributed by atoms with Crippen LogP contribution >= 0.6 is 0 Å². The average Bonchev–Trinajstić information content (AvgIpc) is 2.59. The number of ether oxygens (including phenoxy) is 2. The van der Waals surface area contributed by atoms with Crippen LogP contribution in [0.3, 0.4) is 0 Å². The molecule has 0 saturated heterocycles. The van der Waals surface area contributed by atoms with Crippen molar-refractivity contribution >= 4 is 11.5 Å². The zero-order valence-electron chi connectivity index (χ0n) is 13.8. The van der Waals surface area contributed by atoms with Gasteiger partial charge in [0.2, 0.25) is 0 Å². The third-order valence-electron chi connectivity index (χ3n) is 3.62. The number of benzene rings is 2. The van der Waals surface area contributed by atoms with Crippen LogP contribution in [0.15, 0.2) is 42.5 Å². The molecule has 6 heteroatoms. The van der Waals surface area contributed by atoms with E-state index in [2.05, 4.69) is 13.8 Å². The van der Waals surface area contributed by atoms with Crippen LogP contribution in [0.2, 0.25) is 0 Å². The number of methoxy groups -OCH3 is 1. The van der Waals surface area contributed by atoms with Crippen molar-refractivity contribution in [2.24, 2.45) is 0 Å². The Hall–Kier alpha value is -2.89. The first-order chi connectivity index (χ1) is 11.4. The first-order valence-electron chi connectivity index (χ1n) is 7.50. The molecule has 24 heavy (non-hydrogen) atoms. The molecule has 6 nitrogen and oxygen atoms in total. The third kappa shape index (κ3) is 4.10. The van der Waals surface area contributed by atoms with Crippen molar-refractivity contribution in [2.75, 3.05) is 13.7 Å². The quantitative estimate of drug-likeness (QED) is 0.436. The molecule has 0 bridgehead atoms. The summed E-state index contributed by atoms with van der Waals surface area (Å²) in [6.07, 6.45) is 0. The molecule has 126 valence electrons. The number of Topliss-reactive ketones (excluding diaryl/α,β-unsaturated/α-hetero) is 1. The molecule has 0 atom stereocenters. The number of carbonyl (C=O) groups excluding carboxylic acids is 1. The van der Waals surface area contributed by atoms with E-state index in [9.17, 15) is 14.9 Å². The monoisotopic (exact) mass is 329 g/mol. The van der Waals surface area contributed by atoms with E-state index in [-0.39, 0.29) is 23.8 Å². The molecule has 0 aliphatic rings. The number of nitro benzene ring substituents is 1. The Labute approximate surface area is 140 Å². The number of nitrogens with zero attached hydrogens (tertiary/aromatic N) is 1. The summed E-state index contributed by atoms with van der Waals surface area (Å²) in [5.74, 6) is 0.528. The number of ketones is 1. The van der Waals surface area contributed by atoms with E-state index < -0.39 is 4.92 Å². The van der Waals surface area contributed by atoms with Crippen molar-refractivity contribution in [3.05, 3.63) is 63.7 Å². The van der Waals surface area contributed by atoms with E-state index in [0.29, 0.717) is 17.2 Å². The van der Waals surface area contributed by atoms with Crippen molar-refractivity contribution in [3.63, 3.8) is 0 Å². The fraction of sp³-hybridized carbons (Fsp3) is 0.278. The van der Waals surface area contributed by atoms with E-state index in [4.69, 9.17) is 9.47 Å². The van der Waals surface area contributed by atoms with Crippen molar-refractivity contribution in [3.8, 4) is 11.5 Å². The van der Waals surface area contributed by atoms with Gasteiger partial charge in [0.1, 0.15) is 5.75 Å². The molecular formula is C18H19NO5. The molecule has 0 spiro atoms. The molecule has 2 aromatic carbocycles. The number of nitro groups is 1. The molecule has 0 aliphatic carbocycles. The van der Waals surface area contributed by atoms with Gasteiger partial charge in [0.15, 0.2) is 18.1 Å². The van der Waals surface area contributed by atoms with Gasteiger partial charge in [-0.05, 0) is 23.6 Å². The smallest absolute Gasteiger partial charge is 0.314 e. The molecular weight excluding hydrogens is 310 g/mol. The van der Waals surface area contributed by atoms with Crippen LogP contribution in [0.1, 0.15) is 35.7 Å². The van der Waals surface area contributed by atoms with Gasteiger partial charge in [-0.3, -0.25) is 14.9 Å². The molecule has 0 aliphatic heterocycles. The van der Waals surface area contributed by atoms with Crippen LogP contribution in [0, 0.1) is 10.1 Å². The Kier molecular flexibility index (Phi) is 5.52. The minimum atomic E-state index is -0.570. The first-order valence-corrected chi connectivity index (χ1v) is 7.50.